The second kappa shape index (κ2) is 8.22. The molecule has 3 rings (SSSR count). The van der Waals surface area contributed by atoms with Crippen LogP contribution in [0.5, 0.6) is 5.75 Å². The van der Waals surface area contributed by atoms with E-state index in [9.17, 15) is 14.4 Å². The zero-order valence-corrected chi connectivity index (χ0v) is 15.1. The monoisotopic (exact) mass is 378 g/mol. The van der Waals surface area contributed by atoms with Crippen molar-refractivity contribution in [3.05, 3.63) is 77.1 Å². The molecule has 7 nitrogen and oxygen atoms in total. The topological polar surface area (TPSA) is 95.9 Å². The molecule has 1 heterocycles. The molecule has 142 valence electrons. The summed E-state index contributed by atoms with van der Waals surface area (Å²) in [5.41, 5.74) is 1.84. The number of hydrogen-bond donors (Lipinski definition) is 2. The molecular formula is C21H18N2O5. The van der Waals surface area contributed by atoms with Crippen molar-refractivity contribution < 1.29 is 24.2 Å². The van der Waals surface area contributed by atoms with Crippen LogP contribution in [0.15, 0.2) is 66.0 Å². The van der Waals surface area contributed by atoms with Gasteiger partial charge < -0.3 is 15.2 Å². The number of carbonyl (C=O) groups excluding carboxylic acids is 2. The molecule has 0 atom stereocenters. The molecule has 2 aromatic rings. The number of hydrogen-bond acceptors (Lipinski definition) is 4. The summed E-state index contributed by atoms with van der Waals surface area (Å²) in [6, 6.07) is 16.0. The van der Waals surface area contributed by atoms with Gasteiger partial charge in [0.05, 0.1) is 13.7 Å². The molecule has 7 heteroatoms. The third kappa shape index (κ3) is 4.27. The Kier molecular flexibility index (Phi) is 5.55. The van der Waals surface area contributed by atoms with Gasteiger partial charge in [0, 0.05) is 5.70 Å². The van der Waals surface area contributed by atoms with Crippen molar-refractivity contribution in [3.8, 4) is 5.75 Å². The highest BCUT2D eigenvalue weighted by Gasteiger charge is 2.33. The molecule has 0 saturated carbocycles. The first-order chi connectivity index (χ1) is 13.5. The average molecular weight is 378 g/mol. The van der Waals surface area contributed by atoms with Crippen LogP contribution >= 0.6 is 0 Å². The number of carboxylic acids is 1. The normalized spacial score (nSPS) is 16.8. The lowest BCUT2D eigenvalue weighted by Gasteiger charge is -2.30. The number of amides is 2. The number of nitrogens with one attached hydrogen (secondary N) is 1. The standard InChI is InChI=1S/C21H18N2O5/c1-28-17-9-7-15(8-10-17)12-18-19(24)22-16(11-14-5-3-2-4-6-14)13-23(18)20(25)21(26)27/h2-12H,13H2,1H3,(H,22,24)(H,26,27). The second-order valence-corrected chi connectivity index (χ2v) is 6.03. The van der Waals surface area contributed by atoms with Crippen LogP contribution in [0.3, 0.4) is 0 Å². The maximum atomic E-state index is 12.6. The van der Waals surface area contributed by atoms with Crippen LogP contribution in [0.1, 0.15) is 11.1 Å². The summed E-state index contributed by atoms with van der Waals surface area (Å²) in [5, 5.41) is 11.9. The van der Waals surface area contributed by atoms with Crippen LogP contribution in [-0.2, 0) is 14.4 Å². The number of benzene rings is 2. The van der Waals surface area contributed by atoms with Gasteiger partial charge in [-0.2, -0.15) is 0 Å². The lowest BCUT2D eigenvalue weighted by molar-refractivity contribution is -0.155. The van der Waals surface area contributed by atoms with Crippen LogP contribution in [0.2, 0.25) is 0 Å². The van der Waals surface area contributed by atoms with Gasteiger partial charge in [0.2, 0.25) is 0 Å². The molecule has 1 aliphatic rings. The first kappa shape index (κ1) is 18.9. The van der Waals surface area contributed by atoms with E-state index in [4.69, 9.17) is 9.84 Å². The summed E-state index contributed by atoms with van der Waals surface area (Å²) in [7, 11) is 1.54. The van der Waals surface area contributed by atoms with Crippen LogP contribution < -0.4 is 10.1 Å². The van der Waals surface area contributed by atoms with E-state index in [1.165, 1.54) is 13.2 Å². The van der Waals surface area contributed by atoms with Crippen LogP contribution in [0.25, 0.3) is 12.2 Å². The molecule has 0 spiro atoms. The zero-order valence-electron chi connectivity index (χ0n) is 15.1. The minimum Gasteiger partial charge on any atom is -0.497 e. The van der Waals surface area contributed by atoms with Gasteiger partial charge >= 0.3 is 11.9 Å². The van der Waals surface area contributed by atoms with Crippen LogP contribution in [0.4, 0.5) is 0 Å². The van der Waals surface area contributed by atoms with Gasteiger partial charge in [-0.15, -0.1) is 0 Å². The van der Waals surface area contributed by atoms with E-state index in [0.29, 0.717) is 17.0 Å². The van der Waals surface area contributed by atoms with Gasteiger partial charge in [0.15, 0.2) is 0 Å². The van der Waals surface area contributed by atoms with Gasteiger partial charge in [-0.1, -0.05) is 42.5 Å². The quantitative estimate of drug-likeness (QED) is 0.630. The smallest absolute Gasteiger partial charge is 0.394 e. The van der Waals surface area contributed by atoms with E-state index in [1.807, 2.05) is 30.3 Å². The molecule has 0 aromatic heterocycles. The highest BCUT2D eigenvalue weighted by Crippen LogP contribution is 2.21. The number of carbonyl (C=O) groups is 3. The van der Waals surface area contributed by atoms with E-state index in [0.717, 1.165) is 10.5 Å². The SMILES string of the molecule is COc1ccc(C=C2C(=O)NC(=Cc3ccccc3)CN2C(=O)C(=O)O)cc1. The predicted octanol–water partition coefficient (Wildman–Crippen LogP) is 2.12. The Morgan fingerprint density at radius 2 is 1.68 bits per heavy atom. The molecule has 1 saturated heterocycles. The Morgan fingerprint density at radius 1 is 1.04 bits per heavy atom. The molecule has 0 unspecified atom stereocenters. The third-order valence-corrected chi connectivity index (χ3v) is 4.11. The Morgan fingerprint density at radius 3 is 2.29 bits per heavy atom. The van der Waals surface area contributed by atoms with Crippen molar-refractivity contribution in [2.24, 2.45) is 0 Å². The Labute approximate surface area is 161 Å². The number of piperazine rings is 1. The molecular weight excluding hydrogens is 360 g/mol. The lowest BCUT2D eigenvalue weighted by Crippen LogP contribution is -2.48. The van der Waals surface area contributed by atoms with E-state index in [2.05, 4.69) is 5.32 Å². The first-order valence-corrected chi connectivity index (χ1v) is 8.45. The molecule has 0 bridgehead atoms. The number of nitrogens with zero attached hydrogens (tertiary/aromatic N) is 1. The lowest BCUT2D eigenvalue weighted by atomic mass is 10.1. The molecule has 2 N–H and O–H groups in total. The first-order valence-electron chi connectivity index (χ1n) is 8.45. The fraction of sp³-hybridized carbons (Fsp3) is 0.0952. The molecule has 2 aromatic carbocycles. The van der Waals surface area contributed by atoms with Crippen molar-refractivity contribution in [3.63, 3.8) is 0 Å². The van der Waals surface area contributed by atoms with E-state index in [1.54, 1.807) is 30.3 Å². The molecule has 1 aliphatic heterocycles. The number of carboxylic acid groups (broad SMARTS) is 1. The fourth-order valence-corrected chi connectivity index (χ4v) is 2.76. The van der Waals surface area contributed by atoms with Crippen molar-refractivity contribution >= 4 is 29.9 Å². The second-order valence-electron chi connectivity index (χ2n) is 6.03. The summed E-state index contributed by atoms with van der Waals surface area (Å²) in [5.74, 6) is -2.72. The molecule has 28 heavy (non-hydrogen) atoms. The summed E-state index contributed by atoms with van der Waals surface area (Å²) >= 11 is 0. The summed E-state index contributed by atoms with van der Waals surface area (Å²) < 4.78 is 5.09. The minimum absolute atomic E-state index is 0.0391. The van der Waals surface area contributed by atoms with Crippen LogP contribution in [-0.4, -0.2) is 41.4 Å². The predicted molar refractivity (Wildman–Crippen MR) is 103 cm³/mol. The van der Waals surface area contributed by atoms with Crippen molar-refractivity contribution in [2.45, 2.75) is 0 Å². The highest BCUT2D eigenvalue weighted by molar-refractivity contribution is 6.33. The number of rotatable bonds is 3. The Balaban J connectivity index is 1.96. The zero-order chi connectivity index (χ0) is 20.1. The average Bonchev–Trinajstić information content (AvgIpc) is 2.70. The highest BCUT2D eigenvalue weighted by atomic mass is 16.5. The van der Waals surface area contributed by atoms with E-state index in [-0.39, 0.29) is 12.2 Å². The largest absolute Gasteiger partial charge is 0.497 e. The number of methoxy groups -OCH3 is 1. The fourth-order valence-electron chi connectivity index (χ4n) is 2.76. The number of aliphatic carboxylic acids is 1. The molecule has 1 fully saturated rings. The van der Waals surface area contributed by atoms with Gasteiger partial charge in [0.25, 0.3) is 5.91 Å². The maximum Gasteiger partial charge on any atom is 0.394 e. The maximum absolute atomic E-state index is 12.6. The van der Waals surface area contributed by atoms with Gasteiger partial charge in [-0.25, -0.2) is 4.79 Å². The van der Waals surface area contributed by atoms with Crippen molar-refractivity contribution in [1.82, 2.24) is 10.2 Å². The minimum atomic E-state index is -1.63. The molecule has 0 aliphatic carbocycles. The van der Waals surface area contributed by atoms with E-state index < -0.39 is 17.8 Å². The Hall–Kier alpha value is -3.87. The van der Waals surface area contributed by atoms with Crippen LogP contribution in [0, 0.1) is 0 Å². The molecule has 2 amide bonds. The van der Waals surface area contributed by atoms with Gasteiger partial charge in [-0.3, -0.25) is 14.5 Å². The van der Waals surface area contributed by atoms with Crippen molar-refractivity contribution in [1.29, 1.82) is 0 Å². The molecule has 0 radical (unpaired) electrons. The van der Waals surface area contributed by atoms with Crippen molar-refractivity contribution in [2.75, 3.05) is 13.7 Å². The Bertz CT molecular complexity index is 962. The summed E-state index contributed by atoms with van der Waals surface area (Å²) in [6.45, 7) is -0.0618. The summed E-state index contributed by atoms with van der Waals surface area (Å²) in [6.07, 6.45) is 3.17. The van der Waals surface area contributed by atoms with Gasteiger partial charge in [-0.05, 0) is 35.4 Å². The summed E-state index contributed by atoms with van der Waals surface area (Å²) in [4.78, 5) is 37.1. The number of ether oxygens (including phenoxy) is 1. The van der Waals surface area contributed by atoms with Gasteiger partial charge in [0.1, 0.15) is 11.4 Å². The third-order valence-electron chi connectivity index (χ3n) is 4.11. The van der Waals surface area contributed by atoms with E-state index >= 15 is 0 Å².